The maximum atomic E-state index is 13.1. The molecule has 2 aromatic carbocycles. The minimum atomic E-state index is -0.366. The minimum absolute atomic E-state index is 0.267. The standard InChI is InChI=1S/C13H8BrCl2FO/c14-11-3-2-10(17)6-13(11)18-12-4-1-9(16)5-8(12)7-15/h1-6H,7H2. The molecule has 2 aromatic rings. The van der Waals surface area contributed by atoms with E-state index in [0.29, 0.717) is 21.0 Å². The first-order valence-electron chi connectivity index (χ1n) is 5.07. The van der Waals surface area contributed by atoms with Crippen LogP contribution in [0.3, 0.4) is 0 Å². The van der Waals surface area contributed by atoms with E-state index in [1.54, 1.807) is 24.3 Å². The van der Waals surface area contributed by atoms with Crippen molar-refractivity contribution in [2.24, 2.45) is 0 Å². The summed E-state index contributed by atoms with van der Waals surface area (Å²) in [7, 11) is 0. The van der Waals surface area contributed by atoms with Gasteiger partial charge >= 0.3 is 0 Å². The van der Waals surface area contributed by atoms with Crippen molar-refractivity contribution in [1.29, 1.82) is 0 Å². The zero-order valence-corrected chi connectivity index (χ0v) is 12.2. The van der Waals surface area contributed by atoms with Crippen LogP contribution in [0.2, 0.25) is 5.02 Å². The van der Waals surface area contributed by atoms with E-state index in [1.807, 2.05) is 0 Å². The van der Waals surface area contributed by atoms with Crippen molar-refractivity contribution in [3.05, 3.63) is 57.3 Å². The molecule has 0 saturated heterocycles. The van der Waals surface area contributed by atoms with E-state index in [-0.39, 0.29) is 11.7 Å². The lowest BCUT2D eigenvalue weighted by Crippen LogP contribution is -1.91. The Morgan fingerprint density at radius 2 is 1.89 bits per heavy atom. The maximum absolute atomic E-state index is 13.1. The Balaban J connectivity index is 2.36. The molecular weight excluding hydrogens is 342 g/mol. The van der Waals surface area contributed by atoms with E-state index < -0.39 is 0 Å². The van der Waals surface area contributed by atoms with Crippen molar-refractivity contribution in [3.8, 4) is 11.5 Å². The molecule has 0 aliphatic carbocycles. The van der Waals surface area contributed by atoms with Crippen LogP contribution in [0.25, 0.3) is 0 Å². The van der Waals surface area contributed by atoms with Crippen LogP contribution >= 0.6 is 39.1 Å². The lowest BCUT2D eigenvalue weighted by molar-refractivity contribution is 0.469. The Labute approximate surface area is 123 Å². The van der Waals surface area contributed by atoms with Gasteiger partial charge in [-0.25, -0.2) is 4.39 Å². The van der Waals surface area contributed by atoms with Crippen LogP contribution in [0.5, 0.6) is 11.5 Å². The minimum Gasteiger partial charge on any atom is -0.456 e. The normalized spacial score (nSPS) is 10.4. The van der Waals surface area contributed by atoms with Gasteiger partial charge in [0.25, 0.3) is 0 Å². The molecule has 0 atom stereocenters. The van der Waals surface area contributed by atoms with Crippen molar-refractivity contribution in [1.82, 2.24) is 0 Å². The van der Waals surface area contributed by atoms with Gasteiger partial charge in [-0.15, -0.1) is 11.6 Å². The van der Waals surface area contributed by atoms with E-state index in [9.17, 15) is 4.39 Å². The van der Waals surface area contributed by atoms with Crippen molar-refractivity contribution < 1.29 is 9.13 Å². The van der Waals surface area contributed by atoms with Gasteiger partial charge in [0.2, 0.25) is 0 Å². The smallest absolute Gasteiger partial charge is 0.144 e. The van der Waals surface area contributed by atoms with Crippen molar-refractivity contribution >= 4 is 39.1 Å². The van der Waals surface area contributed by atoms with Crippen LogP contribution < -0.4 is 4.74 Å². The molecule has 1 nitrogen and oxygen atoms in total. The maximum Gasteiger partial charge on any atom is 0.144 e. The predicted molar refractivity (Wildman–Crippen MR) is 75.2 cm³/mol. The average molecular weight is 350 g/mol. The van der Waals surface area contributed by atoms with Gasteiger partial charge < -0.3 is 4.74 Å². The second kappa shape index (κ2) is 5.91. The molecule has 0 aliphatic rings. The second-order valence-electron chi connectivity index (χ2n) is 3.56. The molecule has 0 bridgehead atoms. The number of ether oxygens (including phenoxy) is 1. The lowest BCUT2D eigenvalue weighted by atomic mass is 10.2. The number of hydrogen-bond acceptors (Lipinski definition) is 1. The van der Waals surface area contributed by atoms with Crippen molar-refractivity contribution in [3.63, 3.8) is 0 Å². The Hall–Kier alpha value is -0.770. The molecule has 0 radical (unpaired) electrons. The van der Waals surface area contributed by atoms with Crippen molar-refractivity contribution in [2.75, 3.05) is 0 Å². The van der Waals surface area contributed by atoms with Crippen LogP contribution in [-0.2, 0) is 5.88 Å². The molecule has 2 rings (SSSR count). The number of benzene rings is 2. The number of rotatable bonds is 3. The Bertz CT molecular complexity index is 575. The van der Waals surface area contributed by atoms with E-state index in [4.69, 9.17) is 27.9 Å². The molecule has 0 aliphatic heterocycles. The summed E-state index contributed by atoms with van der Waals surface area (Å²) in [6.07, 6.45) is 0. The highest BCUT2D eigenvalue weighted by Crippen LogP contribution is 2.33. The summed E-state index contributed by atoms with van der Waals surface area (Å²) in [6.45, 7) is 0. The summed E-state index contributed by atoms with van der Waals surface area (Å²) in [6, 6.07) is 9.35. The third-order valence-corrected chi connectivity index (χ3v) is 3.46. The summed E-state index contributed by atoms with van der Waals surface area (Å²) in [5.41, 5.74) is 0.750. The second-order valence-corrected chi connectivity index (χ2v) is 5.12. The number of alkyl halides is 1. The number of hydrogen-bond donors (Lipinski definition) is 0. The Morgan fingerprint density at radius 3 is 2.61 bits per heavy atom. The molecule has 0 amide bonds. The molecule has 0 saturated carbocycles. The monoisotopic (exact) mass is 348 g/mol. The molecule has 94 valence electrons. The van der Waals surface area contributed by atoms with Crippen LogP contribution in [0.1, 0.15) is 5.56 Å². The van der Waals surface area contributed by atoms with Crippen LogP contribution in [0.15, 0.2) is 40.9 Å². The first kappa shape index (κ1) is 13.7. The first-order valence-corrected chi connectivity index (χ1v) is 6.78. The average Bonchev–Trinajstić information content (AvgIpc) is 2.36. The Kier molecular flexibility index (Phi) is 4.49. The third kappa shape index (κ3) is 3.16. The third-order valence-electron chi connectivity index (χ3n) is 2.28. The highest BCUT2D eigenvalue weighted by molar-refractivity contribution is 9.10. The topological polar surface area (TPSA) is 9.23 Å². The van der Waals surface area contributed by atoms with Gasteiger partial charge in [-0.2, -0.15) is 0 Å². The van der Waals surface area contributed by atoms with Gasteiger partial charge in [0.15, 0.2) is 0 Å². The summed E-state index contributed by atoms with van der Waals surface area (Å²) in [5, 5.41) is 0.580. The van der Waals surface area contributed by atoms with E-state index in [1.165, 1.54) is 12.1 Å². The fraction of sp³-hybridized carbons (Fsp3) is 0.0769. The summed E-state index contributed by atoms with van der Waals surface area (Å²) in [5.74, 6) is 0.849. The molecule has 0 aromatic heterocycles. The van der Waals surface area contributed by atoms with E-state index >= 15 is 0 Å². The van der Waals surface area contributed by atoms with E-state index in [0.717, 1.165) is 5.56 Å². The summed E-state index contributed by atoms with van der Waals surface area (Å²) in [4.78, 5) is 0. The van der Waals surface area contributed by atoms with E-state index in [2.05, 4.69) is 15.9 Å². The van der Waals surface area contributed by atoms with Gasteiger partial charge in [-0.05, 0) is 46.3 Å². The van der Waals surface area contributed by atoms with Crippen LogP contribution in [0.4, 0.5) is 4.39 Å². The largest absolute Gasteiger partial charge is 0.456 e. The zero-order chi connectivity index (χ0) is 13.1. The van der Waals surface area contributed by atoms with Gasteiger partial charge in [-0.3, -0.25) is 0 Å². The number of halogens is 4. The summed E-state index contributed by atoms with van der Waals surface area (Å²) < 4.78 is 19.5. The van der Waals surface area contributed by atoms with Gasteiger partial charge in [0, 0.05) is 16.7 Å². The Morgan fingerprint density at radius 1 is 1.11 bits per heavy atom. The zero-order valence-electron chi connectivity index (χ0n) is 9.09. The van der Waals surface area contributed by atoms with Crippen LogP contribution in [0, 0.1) is 5.82 Å². The molecule has 0 spiro atoms. The van der Waals surface area contributed by atoms with Gasteiger partial charge in [-0.1, -0.05) is 11.6 Å². The van der Waals surface area contributed by atoms with Crippen molar-refractivity contribution in [2.45, 2.75) is 5.88 Å². The molecule has 0 fully saturated rings. The lowest BCUT2D eigenvalue weighted by Gasteiger charge is -2.11. The SMILES string of the molecule is Fc1ccc(Br)c(Oc2ccc(Cl)cc2CCl)c1. The molecular formula is C13H8BrCl2FO. The fourth-order valence-corrected chi connectivity index (χ4v) is 2.16. The fourth-order valence-electron chi connectivity index (χ4n) is 1.43. The van der Waals surface area contributed by atoms with Gasteiger partial charge in [0.1, 0.15) is 17.3 Å². The van der Waals surface area contributed by atoms with Crippen LogP contribution in [-0.4, -0.2) is 0 Å². The highest BCUT2D eigenvalue weighted by atomic mass is 79.9. The molecule has 18 heavy (non-hydrogen) atoms. The molecule has 5 heteroatoms. The summed E-state index contributed by atoms with van der Waals surface area (Å²) >= 11 is 15.0. The molecule has 0 heterocycles. The first-order chi connectivity index (χ1) is 8.60. The predicted octanol–water partition coefficient (Wildman–Crippen LogP) is 5.77. The molecule has 0 N–H and O–H groups in total. The quantitative estimate of drug-likeness (QED) is 0.639. The highest BCUT2D eigenvalue weighted by Gasteiger charge is 2.08. The van der Waals surface area contributed by atoms with Gasteiger partial charge in [0.05, 0.1) is 10.4 Å². The molecule has 0 unspecified atom stereocenters.